The van der Waals surface area contributed by atoms with Crippen molar-refractivity contribution in [2.75, 3.05) is 0 Å². The molecule has 0 aliphatic heterocycles. The minimum Gasteiger partial charge on any atom is -0.380 e. The second-order valence-corrected chi connectivity index (χ2v) is 17.1. The molecule has 0 atom stereocenters. The van der Waals surface area contributed by atoms with Crippen molar-refractivity contribution in [1.29, 1.82) is 0 Å². The first-order chi connectivity index (χ1) is 10.0. The van der Waals surface area contributed by atoms with Crippen molar-refractivity contribution in [3.8, 4) is 0 Å². The van der Waals surface area contributed by atoms with Gasteiger partial charge in [0.1, 0.15) is 0 Å². The van der Waals surface area contributed by atoms with Gasteiger partial charge in [0.15, 0.2) is 26.4 Å². The third-order valence-electron chi connectivity index (χ3n) is 5.02. The summed E-state index contributed by atoms with van der Waals surface area (Å²) < 4.78 is 19.1. The first kappa shape index (κ1) is 21.5. The molecule has 0 saturated carbocycles. The van der Waals surface area contributed by atoms with Gasteiger partial charge in [0.2, 0.25) is 6.48 Å². The van der Waals surface area contributed by atoms with E-state index in [0.717, 1.165) is 42.3 Å². The molecule has 21 heavy (non-hydrogen) atoms. The van der Waals surface area contributed by atoms with Crippen LogP contribution in [0.15, 0.2) is 0 Å². The van der Waals surface area contributed by atoms with Crippen LogP contribution in [0, 0.1) is 0 Å². The number of rotatable bonds is 13. The molecule has 0 heterocycles. The first-order valence-corrected chi connectivity index (χ1v) is 15.6. The van der Waals surface area contributed by atoms with Crippen molar-refractivity contribution in [2.45, 2.75) is 97.3 Å². The predicted molar refractivity (Wildman–Crippen MR) is 100 cm³/mol. The molecule has 6 heteroatoms. The van der Waals surface area contributed by atoms with Gasteiger partial charge < -0.3 is 13.3 Å². The van der Waals surface area contributed by atoms with Crippen molar-refractivity contribution in [3.05, 3.63) is 0 Å². The van der Waals surface area contributed by atoms with Gasteiger partial charge in [-0.1, -0.05) is 48.5 Å². The van der Waals surface area contributed by atoms with E-state index in [2.05, 4.69) is 48.5 Å². The highest BCUT2D eigenvalue weighted by Crippen LogP contribution is 2.29. The van der Waals surface area contributed by atoms with Crippen molar-refractivity contribution < 1.29 is 13.3 Å². The summed E-state index contributed by atoms with van der Waals surface area (Å²) >= 11 is 0. The van der Waals surface area contributed by atoms with Crippen molar-refractivity contribution >= 4 is 26.4 Å². The summed E-state index contributed by atoms with van der Waals surface area (Å²) in [6.07, 6.45) is 0. The highest BCUT2D eigenvalue weighted by molar-refractivity contribution is 6.74. The summed E-state index contributed by atoms with van der Waals surface area (Å²) in [6.45, 7) is 15.4. The highest BCUT2D eigenvalue weighted by atomic mass is 28.4. The molecule has 0 N–H and O–H groups in total. The minimum atomic E-state index is -1.67. The monoisotopic (exact) mass is 350 g/mol. The summed E-state index contributed by atoms with van der Waals surface area (Å²) in [7, 11) is -3.86. The van der Waals surface area contributed by atoms with E-state index < -0.39 is 26.4 Å². The smallest absolute Gasteiger partial charge is 0.242 e. The molecule has 128 valence electrons. The molecule has 0 fully saturated rings. The Bertz CT molecular complexity index is 218. The second-order valence-electron chi connectivity index (χ2n) is 5.88. The molecule has 0 aromatic heterocycles. The lowest BCUT2D eigenvalue weighted by Crippen LogP contribution is -2.48. The summed E-state index contributed by atoms with van der Waals surface area (Å²) in [5.74, 6) is 0. The van der Waals surface area contributed by atoms with Crippen LogP contribution in [0.5, 0.6) is 0 Å². The highest BCUT2D eigenvalue weighted by Gasteiger charge is 2.37. The maximum absolute atomic E-state index is 6.51. The molecule has 0 spiro atoms. The van der Waals surface area contributed by atoms with Gasteiger partial charge in [0, 0.05) is 0 Å². The molecule has 0 aromatic rings. The third-order valence-corrected chi connectivity index (χ3v) is 15.0. The van der Waals surface area contributed by atoms with Crippen LogP contribution in [0.3, 0.4) is 0 Å². The molecule has 0 radical (unpaired) electrons. The maximum atomic E-state index is 6.51. The van der Waals surface area contributed by atoms with Gasteiger partial charge in [-0.15, -0.1) is 0 Å². The molecule has 0 bridgehead atoms. The molecular weight excluding hydrogens is 312 g/mol. The zero-order chi connectivity index (χ0) is 16.4. The number of hydrogen-bond donors (Lipinski definition) is 0. The topological polar surface area (TPSA) is 27.7 Å². The lowest BCUT2D eigenvalue weighted by molar-refractivity contribution is -0.155. The summed E-state index contributed by atoms with van der Waals surface area (Å²) in [4.78, 5) is 0. The van der Waals surface area contributed by atoms with Gasteiger partial charge in [0.05, 0.1) is 0 Å². The van der Waals surface area contributed by atoms with Gasteiger partial charge in [-0.25, -0.2) is 0 Å². The van der Waals surface area contributed by atoms with Crippen LogP contribution in [0.25, 0.3) is 0 Å². The van der Waals surface area contributed by atoms with E-state index in [1.807, 2.05) is 0 Å². The Kier molecular flexibility index (Phi) is 11.4. The largest absolute Gasteiger partial charge is 0.380 e. The van der Waals surface area contributed by atoms with Crippen LogP contribution >= 0.6 is 0 Å². The molecule has 0 saturated heterocycles. The van der Waals surface area contributed by atoms with Crippen molar-refractivity contribution in [1.82, 2.24) is 0 Å². The Morgan fingerprint density at radius 2 is 1.00 bits per heavy atom. The summed E-state index contributed by atoms with van der Waals surface area (Å²) in [5.41, 5.74) is 0. The van der Waals surface area contributed by atoms with E-state index >= 15 is 0 Å². The zero-order valence-corrected chi connectivity index (χ0v) is 18.9. The van der Waals surface area contributed by atoms with E-state index in [1.165, 1.54) is 0 Å². The molecule has 0 amide bonds. The lowest BCUT2D eigenvalue weighted by Gasteiger charge is -2.38. The van der Waals surface area contributed by atoms with E-state index in [0.29, 0.717) is 0 Å². The van der Waals surface area contributed by atoms with Gasteiger partial charge in [-0.3, -0.25) is 0 Å². The van der Waals surface area contributed by atoms with Crippen LogP contribution in [0.4, 0.5) is 0 Å². The maximum Gasteiger partial charge on any atom is 0.242 e. The standard InChI is InChI=1S/C15H38O3Si3/c1-8-19-16-15(17-20(9-2,10-3)11-4)18-21(12-5,13-6)14-7/h15H,8-14,19H2,1-7H3. The van der Waals surface area contributed by atoms with E-state index in [9.17, 15) is 0 Å². The third kappa shape index (κ3) is 6.66. The van der Waals surface area contributed by atoms with Gasteiger partial charge >= 0.3 is 0 Å². The molecule has 0 rings (SSSR count). The van der Waals surface area contributed by atoms with Crippen LogP contribution in [0.1, 0.15) is 48.5 Å². The molecule has 0 unspecified atom stereocenters. The molecular formula is C15H38O3Si3. The Hall–Kier alpha value is 0.531. The second kappa shape index (κ2) is 11.1. The van der Waals surface area contributed by atoms with Crippen LogP contribution in [0.2, 0.25) is 42.3 Å². The minimum absolute atomic E-state index is 0.366. The molecule has 0 aliphatic rings. The van der Waals surface area contributed by atoms with Gasteiger partial charge in [-0.05, 0) is 42.3 Å². The molecule has 0 aliphatic carbocycles. The van der Waals surface area contributed by atoms with E-state index in [-0.39, 0.29) is 6.48 Å². The lowest BCUT2D eigenvalue weighted by atomic mass is 10.9. The van der Waals surface area contributed by atoms with Crippen molar-refractivity contribution in [3.63, 3.8) is 0 Å². The normalized spacial score (nSPS) is 13.7. The van der Waals surface area contributed by atoms with Crippen LogP contribution in [-0.4, -0.2) is 32.9 Å². The Labute approximate surface area is 137 Å². The Morgan fingerprint density at radius 1 is 0.667 bits per heavy atom. The summed E-state index contributed by atoms with van der Waals surface area (Å²) in [5, 5.41) is 0. The number of hydrogen-bond acceptors (Lipinski definition) is 3. The van der Waals surface area contributed by atoms with E-state index in [1.54, 1.807) is 0 Å². The average molecular weight is 351 g/mol. The van der Waals surface area contributed by atoms with Crippen LogP contribution < -0.4 is 0 Å². The first-order valence-electron chi connectivity index (χ1n) is 8.98. The fourth-order valence-corrected chi connectivity index (χ4v) is 8.70. The predicted octanol–water partition coefficient (Wildman–Crippen LogP) is 4.85. The van der Waals surface area contributed by atoms with Gasteiger partial charge in [0.25, 0.3) is 0 Å². The fraction of sp³-hybridized carbons (Fsp3) is 1.00. The zero-order valence-electron chi connectivity index (χ0n) is 15.5. The quantitative estimate of drug-likeness (QED) is 0.351. The van der Waals surface area contributed by atoms with Crippen molar-refractivity contribution in [2.24, 2.45) is 0 Å². The molecule has 0 aromatic carbocycles. The Balaban J connectivity index is 5.01. The molecule has 3 nitrogen and oxygen atoms in total. The fourth-order valence-electron chi connectivity index (χ4n) is 2.71. The summed E-state index contributed by atoms with van der Waals surface area (Å²) in [6, 6.07) is 8.03. The SMILES string of the molecule is CC[SiH2]OC(O[Si](CC)(CC)CC)O[Si](CC)(CC)CC. The Morgan fingerprint density at radius 3 is 1.24 bits per heavy atom. The van der Waals surface area contributed by atoms with Gasteiger partial charge in [-0.2, -0.15) is 0 Å². The average Bonchev–Trinajstić information content (AvgIpc) is 2.55. The van der Waals surface area contributed by atoms with E-state index in [4.69, 9.17) is 13.3 Å². The van der Waals surface area contributed by atoms with Crippen LogP contribution in [-0.2, 0) is 13.3 Å².